The number of rotatable bonds is 3. The first-order valence-electron chi connectivity index (χ1n) is 5.17. The topological polar surface area (TPSA) is 37.3 Å². The van der Waals surface area contributed by atoms with Gasteiger partial charge in [0.25, 0.3) is 0 Å². The molecule has 3 nitrogen and oxygen atoms in total. The van der Waals surface area contributed by atoms with E-state index in [0.29, 0.717) is 6.04 Å². The summed E-state index contributed by atoms with van der Waals surface area (Å²) in [7, 11) is 0. The van der Waals surface area contributed by atoms with Gasteiger partial charge in [-0.2, -0.15) is 0 Å². The Kier molecular flexibility index (Phi) is 3.61. The average Bonchev–Trinajstić information content (AvgIpc) is 2.66. The van der Waals surface area contributed by atoms with Crippen molar-refractivity contribution in [1.82, 2.24) is 10.3 Å². The van der Waals surface area contributed by atoms with Crippen molar-refractivity contribution in [2.75, 3.05) is 12.3 Å². The maximum absolute atomic E-state index is 4.51. The summed E-state index contributed by atoms with van der Waals surface area (Å²) in [6.07, 6.45) is 4.66. The van der Waals surface area contributed by atoms with Gasteiger partial charge in [0.05, 0.1) is 0 Å². The minimum Gasteiger partial charge on any atom is -0.362 e. The average molecular weight is 221 g/mol. The normalized spacial score (nSPS) is 23.0. The summed E-state index contributed by atoms with van der Waals surface area (Å²) >= 11 is 1.81. The van der Waals surface area contributed by atoms with Gasteiger partial charge >= 0.3 is 0 Å². The molecule has 2 rings (SSSR count). The van der Waals surface area contributed by atoms with E-state index in [2.05, 4.69) is 28.3 Å². The molecule has 1 N–H and O–H groups in total. The van der Waals surface area contributed by atoms with Crippen molar-refractivity contribution in [1.29, 1.82) is 0 Å². The Bertz CT molecular complexity index is 337. The SMILES string of the molecule is CC1CSC(=NCCc2cccnc2)N1. The highest BCUT2D eigenvalue weighted by atomic mass is 32.2. The van der Waals surface area contributed by atoms with Gasteiger partial charge in [0, 0.05) is 30.7 Å². The number of hydrogen-bond acceptors (Lipinski definition) is 3. The minimum atomic E-state index is 0.562. The number of aromatic nitrogens is 1. The zero-order valence-corrected chi connectivity index (χ0v) is 9.63. The third kappa shape index (κ3) is 3.23. The molecule has 1 fully saturated rings. The molecule has 0 bridgehead atoms. The highest BCUT2D eigenvalue weighted by Gasteiger charge is 2.14. The molecule has 0 aliphatic carbocycles. The van der Waals surface area contributed by atoms with E-state index in [-0.39, 0.29) is 0 Å². The second-order valence-electron chi connectivity index (χ2n) is 3.65. The lowest BCUT2D eigenvalue weighted by atomic mass is 10.2. The third-order valence-electron chi connectivity index (χ3n) is 2.22. The van der Waals surface area contributed by atoms with Crippen LogP contribution in [-0.2, 0) is 6.42 Å². The van der Waals surface area contributed by atoms with E-state index in [1.54, 1.807) is 6.20 Å². The van der Waals surface area contributed by atoms with E-state index >= 15 is 0 Å². The van der Waals surface area contributed by atoms with Crippen LogP contribution < -0.4 is 5.32 Å². The highest BCUT2D eigenvalue weighted by molar-refractivity contribution is 8.14. The summed E-state index contributed by atoms with van der Waals surface area (Å²) in [6.45, 7) is 3.02. The van der Waals surface area contributed by atoms with Gasteiger partial charge in [0.15, 0.2) is 5.17 Å². The summed E-state index contributed by atoms with van der Waals surface area (Å²) in [6, 6.07) is 4.62. The van der Waals surface area contributed by atoms with E-state index in [0.717, 1.165) is 23.9 Å². The predicted molar refractivity (Wildman–Crippen MR) is 65.3 cm³/mol. The third-order valence-corrected chi connectivity index (χ3v) is 3.41. The van der Waals surface area contributed by atoms with Gasteiger partial charge < -0.3 is 5.32 Å². The molecular formula is C11H15N3S. The smallest absolute Gasteiger partial charge is 0.156 e. The van der Waals surface area contributed by atoms with Gasteiger partial charge in [0.1, 0.15) is 0 Å². The lowest BCUT2D eigenvalue weighted by Gasteiger charge is -2.01. The molecule has 1 atom stereocenters. The van der Waals surface area contributed by atoms with Gasteiger partial charge in [-0.1, -0.05) is 17.8 Å². The van der Waals surface area contributed by atoms with Gasteiger partial charge in [-0.15, -0.1) is 0 Å². The van der Waals surface area contributed by atoms with Crippen molar-refractivity contribution >= 4 is 16.9 Å². The van der Waals surface area contributed by atoms with Crippen LogP contribution in [0.25, 0.3) is 0 Å². The van der Waals surface area contributed by atoms with Crippen molar-refractivity contribution in [3.05, 3.63) is 30.1 Å². The van der Waals surface area contributed by atoms with Crippen LogP contribution in [0.4, 0.5) is 0 Å². The lowest BCUT2D eigenvalue weighted by Crippen LogP contribution is -2.23. The molecule has 0 radical (unpaired) electrons. The van der Waals surface area contributed by atoms with Gasteiger partial charge in [0.2, 0.25) is 0 Å². The van der Waals surface area contributed by atoms with Gasteiger partial charge in [-0.3, -0.25) is 9.98 Å². The molecule has 0 aromatic carbocycles. The van der Waals surface area contributed by atoms with Crippen LogP contribution >= 0.6 is 11.8 Å². The van der Waals surface area contributed by atoms with E-state index < -0.39 is 0 Å². The molecule has 1 aromatic rings. The van der Waals surface area contributed by atoms with Crippen LogP contribution in [0.2, 0.25) is 0 Å². The minimum absolute atomic E-state index is 0.562. The maximum atomic E-state index is 4.51. The number of pyridine rings is 1. The van der Waals surface area contributed by atoms with Crippen LogP contribution in [0.15, 0.2) is 29.5 Å². The number of nitrogens with one attached hydrogen (secondary N) is 1. The Hall–Kier alpha value is -1.03. The van der Waals surface area contributed by atoms with Crippen molar-refractivity contribution < 1.29 is 0 Å². The summed E-state index contributed by atoms with van der Waals surface area (Å²) in [5.41, 5.74) is 1.25. The quantitative estimate of drug-likeness (QED) is 0.844. The monoisotopic (exact) mass is 221 g/mol. The largest absolute Gasteiger partial charge is 0.362 e. The van der Waals surface area contributed by atoms with Gasteiger partial charge in [-0.05, 0) is 25.0 Å². The molecule has 4 heteroatoms. The molecule has 0 amide bonds. The Labute approximate surface area is 94.4 Å². The van der Waals surface area contributed by atoms with E-state index in [1.165, 1.54) is 5.56 Å². The second-order valence-corrected chi connectivity index (χ2v) is 4.66. The molecule has 0 saturated carbocycles. The first kappa shape index (κ1) is 10.5. The fourth-order valence-electron chi connectivity index (χ4n) is 1.42. The van der Waals surface area contributed by atoms with Crippen LogP contribution in [0, 0.1) is 0 Å². The predicted octanol–water partition coefficient (Wildman–Crippen LogP) is 1.70. The Morgan fingerprint density at radius 3 is 3.27 bits per heavy atom. The van der Waals surface area contributed by atoms with Crippen molar-refractivity contribution in [3.63, 3.8) is 0 Å². The summed E-state index contributed by atoms with van der Waals surface area (Å²) in [5, 5.41) is 4.43. The maximum Gasteiger partial charge on any atom is 0.156 e. The molecule has 1 unspecified atom stereocenters. The fourth-order valence-corrected chi connectivity index (χ4v) is 2.38. The molecule has 2 heterocycles. The first-order chi connectivity index (χ1) is 7.34. The molecule has 80 valence electrons. The Balaban J connectivity index is 1.80. The molecule has 1 saturated heterocycles. The molecule has 0 spiro atoms. The summed E-state index contributed by atoms with van der Waals surface area (Å²) in [4.78, 5) is 8.59. The molecule has 1 aromatic heterocycles. The number of nitrogens with zero attached hydrogens (tertiary/aromatic N) is 2. The summed E-state index contributed by atoms with van der Waals surface area (Å²) < 4.78 is 0. The number of aliphatic imine (C=N–C) groups is 1. The molecular weight excluding hydrogens is 206 g/mol. The van der Waals surface area contributed by atoms with Crippen LogP contribution in [-0.4, -0.2) is 28.5 Å². The van der Waals surface area contributed by atoms with E-state index in [1.807, 2.05) is 24.0 Å². The summed E-state index contributed by atoms with van der Waals surface area (Å²) in [5.74, 6) is 1.13. The van der Waals surface area contributed by atoms with Crippen molar-refractivity contribution in [2.24, 2.45) is 4.99 Å². The molecule has 1 aliphatic rings. The first-order valence-corrected chi connectivity index (χ1v) is 6.16. The number of amidine groups is 1. The Morgan fingerprint density at radius 1 is 1.67 bits per heavy atom. The van der Waals surface area contributed by atoms with Gasteiger partial charge in [-0.25, -0.2) is 0 Å². The highest BCUT2D eigenvalue weighted by Crippen LogP contribution is 2.12. The fraction of sp³-hybridized carbons (Fsp3) is 0.455. The van der Waals surface area contributed by atoms with Crippen LogP contribution in [0.3, 0.4) is 0 Å². The molecule has 1 aliphatic heterocycles. The van der Waals surface area contributed by atoms with E-state index in [4.69, 9.17) is 0 Å². The zero-order chi connectivity index (χ0) is 10.5. The molecule has 15 heavy (non-hydrogen) atoms. The lowest BCUT2D eigenvalue weighted by molar-refractivity contribution is 0.763. The van der Waals surface area contributed by atoms with Crippen molar-refractivity contribution in [2.45, 2.75) is 19.4 Å². The van der Waals surface area contributed by atoms with Crippen LogP contribution in [0.5, 0.6) is 0 Å². The van der Waals surface area contributed by atoms with E-state index in [9.17, 15) is 0 Å². The van der Waals surface area contributed by atoms with Crippen molar-refractivity contribution in [3.8, 4) is 0 Å². The number of thioether (sulfide) groups is 1. The van der Waals surface area contributed by atoms with Crippen LogP contribution in [0.1, 0.15) is 12.5 Å². The second kappa shape index (κ2) is 5.16. The standard InChI is InChI=1S/C11H15N3S/c1-9-8-15-11(14-9)13-6-4-10-3-2-5-12-7-10/h2-3,5,7,9H,4,6,8H2,1H3,(H,13,14). The number of hydrogen-bond donors (Lipinski definition) is 1. The zero-order valence-electron chi connectivity index (χ0n) is 8.81. The Morgan fingerprint density at radius 2 is 2.60 bits per heavy atom.